The van der Waals surface area contributed by atoms with E-state index in [1.165, 1.54) is 11.6 Å². The fourth-order valence-electron chi connectivity index (χ4n) is 2.74. The monoisotopic (exact) mass is 286 g/mol. The predicted molar refractivity (Wildman–Crippen MR) is 87.6 cm³/mol. The normalized spacial score (nSPS) is 12.2. The Morgan fingerprint density at radius 3 is 2.48 bits per heavy atom. The zero-order chi connectivity index (χ0) is 15.2. The topological polar surface area (TPSA) is 15.3 Å². The lowest BCUT2D eigenvalue weighted by Gasteiger charge is -2.28. The highest BCUT2D eigenvalue weighted by atomic mass is 19.1. The largest absolute Gasteiger partial charge is 0.341 e. The summed E-state index contributed by atoms with van der Waals surface area (Å²) >= 11 is 0. The Morgan fingerprint density at radius 2 is 1.86 bits per heavy atom. The van der Waals surface area contributed by atoms with Crippen molar-refractivity contribution < 1.29 is 4.39 Å². The van der Waals surface area contributed by atoms with E-state index in [0.717, 1.165) is 24.3 Å². The van der Waals surface area contributed by atoms with Crippen LogP contribution in [0.15, 0.2) is 48.5 Å². The number of anilines is 2. The predicted octanol–water partition coefficient (Wildman–Crippen LogP) is 4.65. The summed E-state index contributed by atoms with van der Waals surface area (Å²) < 4.78 is 13.5. The first-order chi connectivity index (χ1) is 10.2. The molecule has 0 bridgehead atoms. The van der Waals surface area contributed by atoms with Gasteiger partial charge in [0.15, 0.2) is 0 Å². The van der Waals surface area contributed by atoms with Gasteiger partial charge in [0.05, 0.1) is 0 Å². The molecule has 0 saturated heterocycles. The van der Waals surface area contributed by atoms with Gasteiger partial charge < -0.3 is 10.2 Å². The van der Waals surface area contributed by atoms with Crippen molar-refractivity contribution in [3.05, 3.63) is 59.9 Å². The quantitative estimate of drug-likeness (QED) is 0.831. The maximum atomic E-state index is 13.5. The van der Waals surface area contributed by atoms with E-state index < -0.39 is 0 Å². The van der Waals surface area contributed by atoms with Crippen LogP contribution < -0.4 is 10.2 Å². The number of nitrogens with one attached hydrogen (secondary N) is 1. The fraction of sp³-hybridized carbons (Fsp3) is 0.333. The van der Waals surface area contributed by atoms with Gasteiger partial charge in [-0.05, 0) is 50.2 Å². The van der Waals surface area contributed by atoms with Crippen LogP contribution in [0.5, 0.6) is 0 Å². The summed E-state index contributed by atoms with van der Waals surface area (Å²) in [5, 5.41) is 3.35. The molecule has 2 nitrogen and oxygen atoms in total. The van der Waals surface area contributed by atoms with Crippen molar-refractivity contribution >= 4 is 11.4 Å². The van der Waals surface area contributed by atoms with Gasteiger partial charge >= 0.3 is 0 Å². The zero-order valence-electron chi connectivity index (χ0n) is 12.9. The molecule has 0 fully saturated rings. The molecule has 2 aromatic carbocycles. The van der Waals surface area contributed by atoms with Crippen molar-refractivity contribution in [2.45, 2.75) is 26.3 Å². The van der Waals surface area contributed by atoms with Crippen LogP contribution in [0.3, 0.4) is 0 Å². The van der Waals surface area contributed by atoms with Gasteiger partial charge in [0, 0.05) is 24.0 Å². The Morgan fingerprint density at radius 1 is 1.10 bits per heavy atom. The third-order valence-electron chi connectivity index (χ3n) is 3.80. The summed E-state index contributed by atoms with van der Waals surface area (Å²) in [6.07, 6.45) is 1.01. The second-order valence-electron chi connectivity index (χ2n) is 5.03. The minimum Gasteiger partial charge on any atom is -0.341 e. The molecule has 1 N–H and O–H groups in total. The van der Waals surface area contributed by atoms with Crippen LogP contribution in [0.25, 0.3) is 0 Å². The molecule has 0 radical (unpaired) electrons. The van der Waals surface area contributed by atoms with Crippen LogP contribution in [-0.2, 0) is 0 Å². The van der Waals surface area contributed by atoms with E-state index in [-0.39, 0.29) is 5.82 Å². The third kappa shape index (κ3) is 3.42. The van der Waals surface area contributed by atoms with Crippen LogP contribution in [0.4, 0.5) is 15.8 Å². The zero-order valence-corrected chi connectivity index (χ0v) is 12.9. The smallest absolute Gasteiger partial charge is 0.125 e. The molecule has 0 aromatic heterocycles. The summed E-state index contributed by atoms with van der Waals surface area (Å²) in [4.78, 5) is 2.15. The summed E-state index contributed by atoms with van der Waals surface area (Å²) in [5.41, 5.74) is 3.26. The van der Waals surface area contributed by atoms with Crippen LogP contribution >= 0.6 is 0 Å². The molecule has 112 valence electrons. The van der Waals surface area contributed by atoms with E-state index in [2.05, 4.69) is 42.3 Å². The molecule has 0 aliphatic heterocycles. The number of nitrogens with zero attached hydrogens (tertiary/aromatic N) is 1. The Labute approximate surface area is 126 Å². The van der Waals surface area contributed by atoms with Crippen molar-refractivity contribution in [3.8, 4) is 0 Å². The molecule has 21 heavy (non-hydrogen) atoms. The van der Waals surface area contributed by atoms with Gasteiger partial charge in [-0.2, -0.15) is 0 Å². The van der Waals surface area contributed by atoms with E-state index >= 15 is 0 Å². The van der Waals surface area contributed by atoms with Gasteiger partial charge in [-0.1, -0.05) is 31.2 Å². The molecule has 0 aliphatic rings. The molecule has 0 saturated carbocycles. The highest BCUT2D eigenvalue weighted by Gasteiger charge is 2.16. The summed E-state index contributed by atoms with van der Waals surface area (Å²) in [6, 6.07) is 15.4. The number of benzene rings is 2. The lowest BCUT2D eigenvalue weighted by molar-refractivity contribution is 0.576. The first-order valence-electron chi connectivity index (χ1n) is 7.50. The summed E-state index contributed by atoms with van der Waals surface area (Å²) in [7, 11) is 1.98. The molecule has 2 aromatic rings. The Bertz CT molecular complexity index is 579. The number of hydrogen-bond acceptors (Lipinski definition) is 2. The fourth-order valence-corrected chi connectivity index (χ4v) is 2.74. The molecular formula is C18H23FN2. The number of hydrogen-bond donors (Lipinski definition) is 1. The van der Waals surface area contributed by atoms with Gasteiger partial charge in [0.1, 0.15) is 5.82 Å². The molecule has 3 heteroatoms. The SMILES string of the molecule is CCC(NC)c1ccccc1N(CC)c1cccc(F)c1. The molecule has 0 heterocycles. The maximum absolute atomic E-state index is 13.5. The Kier molecular flexibility index (Phi) is 5.34. The van der Waals surface area contributed by atoms with E-state index in [1.54, 1.807) is 12.1 Å². The second-order valence-corrected chi connectivity index (χ2v) is 5.03. The van der Waals surface area contributed by atoms with Gasteiger partial charge in [-0.3, -0.25) is 0 Å². The van der Waals surface area contributed by atoms with Gasteiger partial charge in [-0.25, -0.2) is 4.39 Å². The van der Waals surface area contributed by atoms with E-state index in [9.17, 15) is 4.39 Å². The van der Waals surface area contributed by atoms with Crippen molar-refractivity contribution in [2.75, 3.05) is 18.5 Å². The molecule has 0 aliphatic carbocycles. The van der Waals surface area contributed by atoms with Crippen LogP contribution in [0, 0.1) is 5.82 Å². The van der Waals surface area contributed by atoms with Crippen molar-refractivity contribution in [1.29, 1.82) is 0 Å². The Balaban J connectivity index is 2.48. The molecular weight excluding hydrogens is 263 g/mol. The van der Waals surface area contributed by atoms with Gasteiger partial charge in [0.25, 0.3) is 0 Å². The number of rotatable bonds is 6. The average Bonchev–Trinajstić information content (AvgIpc) is 2.51. The van der Waals surface area contributed by atoms with Crippen LogP contribution in [0.1, 0.15) is 31.9 Å². The second kappa shape index (κ2) is 7.23. The van der Waals surface area contributed by atoms with Crippen LogP contribution in [0.2, 0.25) is 0 Å². The number of halogens is 1. The van der Waals surface area contributed by atoms with Crippen LogP contribution in [-0.4, -0.2) is 13.6 Å². The molecule has 0 amide bonds. The van der Waals surface area contributed by atoms with Gasteiger partial charge in [-0.15, -0.1) is 0 Å². The summed E-state index contributed by atoms with van der Waals surface area (Å²) in [6.45, 7) is 5.04. The molecule has 1 unspecified atom stereocenters. The number of para-hydroxylation sites is 1. The highest BCUT2D eigenvalue weighted by molar-refractivity contribution is 5.67. The lowest BCUT2D eigenvalue weighted by atomic mass is 10.0. The van der Waals surface area contributed by atoms with Crippen molar-refractivity contribution in [2.24, 2.45) is 0 Å². The molecule has 2 rings (SSSR count). The first kappa shape index (κ1) is 15.5. The molecule has 1 atom stereocenters. The maximum Gasteiger partial charge on any atom is 0.125 e. The highest BCUT2D eigenvalue weighted by Crippen LogP contribution is 2.33. The first-order valence-corrected chi connectivity index (χ1v) is 7.50. The lowest BCUT2D eigenvalue weighted by Crippen LogP contribution is -2.22. The van der Waals surface area contributed by atoms with E-state index in [4.69, 9.17) is 0 Å². The van der Waals surface area contributed by atoms with Crippen molar-refractivity contribution in [1.82, 2.24) is 5.32 Å². The third-order valence-corrected chi connectivity index (χ3v) is 3.80. The van der Waals surface area contributed by atoms with Gasteiger partial charge in [0.2, 0.25) is 0 Å². The Hall–Kier alpha value is -1.87. The molecule has 0 spiro atoms. The standard InChI is InChI=1S/C18H23FN2/c1-4-17(20-3)16-11-6-7-12-18(16)21(5-2)15-10-8-9-14(19)13-15/h6-13,17,20H,4-5H2,1-3H3. The minimum atomic E-state index is -0.205. The van der Waals surface area contributed by atoms with E-state index in [0.29, 0.717) is 6.04 Å². The average molecular weight is 286 g/mol. The minimum absolute atomic E-state index is 0.205. The van der Waals surface area contributed by atoms with Crippen molar-refractivity contribution in [3.63, 3.8) is 0 Å². The van der Waals surface area contributed by atoms with E-state index in [1.807, 2.05) is 19.2 Å². The summed E-state index contributed by atoms with van der Waals surface area (Å²) in [5.74, 6) is -0.205.